The average molecular weight is 232 g/mol. The molecule has 15 heavy (non-hydrogen) atoms. The van der Waals surface area contributed by atoms with Crippen LogP contribution < -0.4 is 5.32 Å². The predicted octanol–water partition coefficient (Wildman–Crippen LogP) is 0.240. The van der Waals surface area contributed by atoms with Gasteiger partial charge in [-0.15, -0.1) is 0 Å². The van der Waals surface area contributed by atoms with Gasteiger partial charge < -0.3 is 10.2 Å². The summed E-state index contributed by atoms with van der Waals surface area (Å²) in [5, 5.41) is 6.32. The maximum Gasteiger partial charge on any atom is 0.277 e. The van der Waals surface area contributed by atoms with Crippen molar-refractivity contribution in [2.75, 3.05) is 13.9 Å². The van der Waals surface area contributed by atoms with E-state index in [0.717, 1.165) is 11.5 Å². The van der Waals surface area contributed by atoms with E-state index in [1.54, 1.807) is 6.92 Å². The van der Waals surface area contributed by atoms with Crippen LogP contribution in [0.4, 0.5) is 4.39 Å². The van der Waals surface area contributed by atoms with Crippen LogP contribution in [0.25, 0.3) is 0 Å². The minimum absolute atomic E-state index is 0.130. The summed E-state index contributed by atoms with van der Waals surface area (Å²) >= 11 is 1.12. The van der Waals surface area contributed by atoms with E-state index in [4.69, 9.17) is 0 Å². The minimum atomic E-state index is -1.11. The van der Waals surface area contributed by atoms with Crippen LogP contribution in [0.3, 0.4) is 0 Å². The summed E-state index contributed by atoms with van der Waals surface area (Å²) in [6.07, 6.45) is 0. The number of nitrogens with zero attached hydrogens (tertiary/aromatic N) is 3. The molecule has 0 bridgehead atoms. The molecule has 82 valence electrons. The van der Waals surface area contributed by atoms with Crippen LogP contribution in [-0.2, 0) is 9.63 Å². The van der Waals surface area contributed by atoms with Crippen molar-refractivity contribution in [3.63, 3.8) is 0 Å². The molecule has 0 saturated heterocycles. The lowest BCUT2D eigenvalue weighted by atomic mass is 10.3. The van der Waals surface area contributed by atoms with Crippen molar-refractivity contribution in [3.8, 4) is 0 Å². The third kappa shape index (κ3) is 2.94. The molecule has 0 unspecified atom stereocenters. The van der Waals surface area contributed by atoms with E-state index >= 15 is 0 Å². The Morgan fingerprint density at radius 2 is 2.47 bits per heavy atom. The fourth-order valence-corrected chi connectivity index (χ4v) is 1.26. The first-order valence-electron chi connectivity index (χ1n) is 3.97. The smallest absolute Gasteiger partial charge is 0.277 e. The molecule has 0 spiro atoms. The second-order valence-electron chi connectivity index (χ2n) is 2.39. The highest BCUT2D eigenvalue weighted by Crippen LogP contribution is 2.04. The first kappa shape index (κ1) is 11.5. The van der Waals surface area contributed by atoms with Gasteiger partial charge in [0.25, 0.3) is 12.8 Å². The molecule has 1 heterocycles. The maximum absolute atomic E-state index is 11.7. The number of carbonyl (C=O) groups is 1. The van der Waals surface area contributed by atoms with Gasteiger partial charge in [0, 0.05) is 7.05 Å². The van der Waals surface area contributed by atoms with Gasteiger partial charge in [0.15, 0.2) is 0 Å². The summed E-state index contributed by atoms with van der Waals surface area (Å²) in [6.45, 7) is 0.627. The third-order valence-corrected chi connectivity index (χ3v) is 2.01. The van der Waals surface area contributed by atoms with Crippen molar-refractivity contribution in [2.24, 2.45) is 5.16 Å². The van der Waals surface area contributed by atoms with Crippen LogP contribution in [-0.4, -0.2) is 34.9 Å². The third-order valence-electron chi connectivity index (χ3n) is 1.39. The van der Waals surface area contributed by atoms with Gasteiger partial charge >= 0.3 is 0 Å². The number of hydrogen-bond acceptors (Lipinski definition) is 6. The number of rotatable bonds is 4. The van der Waals surface area contributed by atoms with Gasteiger partial charge in [0.05, 0.1) is 0 Å². The summed E-state index contributed by atoms with van der Waals surface area (Å²) in [6, 6.07) is 0. The zero-order valence-electron chi connectivity index (χ0n) is 8.15. The number of amides is 1. The topological polar surface area (TPSA) is 76.5 Å². The number of hydrogen-bond donors (Lipinski definition) is 1. The van der Waals surface area contributed by atoms with Crippen LogP contribution in [0.2, 0.25) is 0 Å². The van der Waals surface area contributed by atoms with E-state index in [1.807, 2.05) is 0 Å². The summed E-state index contributed by atoms with van der Waals surface area (Å²) in [5.74, 6) is -0.397. The molecule has 8 heteroatoms. The van der Waals surface area contributed by atoms with Crippen molar-refractivity contribution in [3.05, 3.63) is 10.8 Å². The second-order valence-corrected chi connectivity index (χ2v) is 3.35. The number of aryl methyl sites for hydroxylation is 1. The molecule has 6 nitrogen and oxygen atoms in total. The number of halogens is 1. The van der Waals surface area contributed by atoms with Gasteiger partial charge in [-0.1, -0.05) is 5.16 Å². The largest absolute Gasteiger partial charge is 0.361 e. The molecule has 0 radical (unpaired) electrons. The number of likely N-dealkylation sites (N-methyl/N-ethyl adjacent to an activating group) is 1. The SMILES string of the molecule is CNC(=O)/C(=N/OCF)c1nsc(C)n1. The average Bonchev–Trinajstić information content (AvgIpc) is 2.65. The molecule has 0 aliphatic heterocycles. The van der Waals surface area contributed by atoms with Gasteiger partial charge in [-0.3, -0.25) is 4.79 Å². The fourth-order valence-electron chi connectivity index (χ4n) is 0.787. The van der Waals surface area contributed by atoms with E-state index in [1.165, 1.54) is 7.05 Å². The molecule has 1 amide bonds. The normalized spacial score (nSPS) is 11.3. The number of oxime groups is 1. The van der Waals surface area contributed by atoms with Crippen LogP contribution in [0.15, 0.2) is 5.16 Å². The Kier molecular flexibility index (Phi) is 4.10. The quantitative estimate of drug-likeness (QED) is 0.596. The number of alkyl halides is 1. The van der Waals surface area contributed by atoms with Crippen molar-refractivity contribution in [1.29, 1.82) is 0 Å². The lowest BCUT2D eigenvalue weighted by Crippen LogP contribution is -2.29. The highest BCUT2D eigenvalue weighted by atomic mass is 32.1. The molecule has 0 atom stereocenters. The molecule has 0 aliphatic carbocycles. The highest BCUT2D eigenvalue weighted by Gasteiger charge is 2.18. The van der Waals surface area contributed by atoms with E-state index in [2.05, 4.69) is 24.7 Å². The lowest BCUT2D eigenvalue weighted by Gasteiger charge is -1.99. The summed E-state index contributed by atoms with van der Waals surface area (Å²) in [4.78, 5) is 19.4. The van der Waals surface area contributed by atoms with Gasteiger partial charge in [-0.2, -0.15) is 4.37 Å². The van der Waals surface area contributed by atoms with Crippen molar-refractivity contribution in [2.45, 2.75) is 6.92 Å². The highest BCUT2D eigenvalue weighted by molar-refractivity contribution is 7.05. The van der Waals surface area contributed by atoms with Gasteiger partial charge in [0.1, 0.15) is 5.01 Å². The van der Waals surface area contributed by atoms with E-state index in [-0.39, 0.29) is 11.5 Å². The van der Waals surface area contributed by atoms with Crippen LogP contribution >= 0.6 is 11.5 Å². The number of carbonyl (C=O) groups excluding carboxylic acids is 1. The van der Waals surface area contributed by atoms with Crippen molar-refractivity contribution >= 4 is 23.2 Å². The lowest BCUT2D eigenvalue weighted by molar-refractivity contribution is -0.114. The van der Waals surface area contributed by atoms with E-state index in [0.29, 0.717) is 5.01 Å². The van der Waals surface area contributed by atoms with Gasteiger partial charge in [-0.05, 0) is 18.5 Å². The maximum atomic E-state index is 11.7. The van der Waals surface area contributed by atoms with Crippen molar-refractivity contribution < 1.29 is 14.0 Å². The van der Waals surface area contributed by atoms with Crippen LogP contribution in [0, 0.1) is 6.92 Å². The Bertz CT molecular complexity index is 379. The Morgan fingerprint density at radius 3 is 2.93 bits per heavy atom. The Balaban J connectivity index is 2.95. The number of nitrogens with one attached hydrogen (secondary N) is 1. The zero-order valence-corrected chi connectivity index (χ0v) is 8.97. The molecule has 0 aliphatic rings. The summed E-state index contributed by atoms with van der Waals surface area (Å²) in [7, 11) is 1.42. The first-order chi connectivity index (χ1) is 7.19. The summed E-state index contributed by atoms with van der Waals surface area (Å²) < 4.78 is 15.6. The van der Waals surface area contributed by atoms with Crippen LogP contribution in [0.1, 0.15) is 10.8 Å². The Labute approximate surface area is 89.3 Å². The standard InChI is InChI=1S/C7H9FN4O2S/c1-4-10-6(12-15-4)5(7(13)9-2)11-14-3-8/h3H2,1-2H3,(H,9,13)/b11-5+. The summed E-state index contributed by atoms with van der Waals surface area (Å²) in [5.41, 5.74) is -0.139. The van der Waals surface area contributed by atoms with Gasteiger partial charge in [0.2, 0.25) is 11.5 Å². The molecule has 0 saturated carbocycles. The molecular formula is C7H9FN4O2S. The van der Waals surface area contributed by atoms with Crippen molar-refractivity contribution in [1.82, 2.24) is 14.7 Å². The minimum Gasteiger partial charge on any atom is -0.361 e. The molecule has 0 aromatic carbocycles. The number of aromatic nitrogens is 2. The second kappa shape index (κ2) is 5.35. The molecular weight excluding hydrogens is 223 g/mol. The molecule has 1 aromatic rings. The monoisotopic (exact) mass is 232 g/mol. The van der Waals surface area contributed by atoms with Gasteiger partial charge in [-0.25, -0.2) is 9.37 Å². The molecule has 1 aromatic heterocycles. The Hall–Kier alpha value is -1.57. The molecule has 0 fully saturated rings. The first-order valence-corrected chi connectivity index (χ1v) is 4.75. The zero-order chi connectivity index (χ0) is 11.3. The predicted molar refractivity (Wildman–Crippen MR) is 52.3 cm³/mol. The van der Waals surface area contributed by atoms with E-state index in [9.17, 15) is 9.18 Å². The fraction of sp³-hybridized carbons (Fsp3) is 0.429. The molecule has 1 rings (SSSR count). The van der Waals surface area contributed by atoms with E-state index < -0.39 is 12.8 Å². The Morgan fingerprint density at radius 1 is 1.73 bits per heavy atom. The van der Waals surface area contributed by atoms with Crippen LogP contribution in [0.5, 0.6) is 0 Å². The molecule has 1 N–H and O–H groups in total.